The lowest BCUT2D eigenvalue weighted by atomic mass is 9.67. The van der Waals surface area contributed by atoms with Gasteiger partial charge in [0.1, 0.15) is 0 Å². The quantitative estimate of drug-likeness (QED) is 0.188. The summed E-state index contributed by atoms with van der Waals surface area (Å²) < 4.78 is 2.29. The molecule has 0 bridgehead atoms. The Bertz CT molecular complexity index is 2770. The Kier molecular flexibility index (Phi) is 5.53. The van der Waals surface area contributed by atoms with Gasteiger partial charge in [-0.3, -0.25) is 4.57 Å². The van der Waals surface area contributed by atoms with Crippen LogP contribution in [0, 0.1) is 0 Å². The molecule has 9 aromatic rings. The number of hydrogen-bond donors (Lipinski definition) is 0. The van der Waals surface area contributed by atoms with E-state index >= 15 is 0 Å². The Morgan fingerprint density at radius 2 is 1.08 bits per heavy atom. The van der Waals surface area contributed by atoms with E-state index in [1.165, 1.54) is 53.9 Å². The van der Waals surface area contributed by atoms with Gasteiger partial charge in [0, 0.05) is 31.5 Å². The second kappa shape index (κ2) is 10.0. The van der Waals surface area contributed by atoms with E-state index in [1.807, 2.05) is 11.8 Å². The van der Waals surface area contributed by atoms with Crippen LogP contribution in [0.1, 0.15) is 22.3 Å². The average Bonchev–Trinajstić information content (AvgIpc) is 3.65. The van der Waals surface area contributed by atoms with E-state index in [0.717, 1.165) is 33.2 Å². The van der Waals surface area contributed by atoms with Crippen LogP contribution < -0.4 is 0 Å². The molecule has 3 heterocycles. The van der Waals surface area contributed by atoms with Crippen LogP contribution >= 0.6 is 11.8 Å². The first-order valence-electron chi connectivity index (χ1n) is 16.7. The van der Waals surface area contributed by atoms with Crippen LogP contribution in [0.15, 0.2) is 174 Å². The highest BCUT2D eigenvalue weighted by molar-refractivity contribution is 7.99. The Labute approximate surface area is 287 Å². The topological polar surface area (TPSA) is 30.7 Å². The van der Waals surface area contributed by atoms with Gasteiger partial charge >= 0.3 is 0 Å². The monoisotopic (exact) mass is 641 g/mol. The summed E-state index contributed by atoms with van der Waals surface area (Å²) in [6, 6.07) is 59.3. The number of nitrogens with zero attached hydrogens (tertiary/aromatic N) is 3. The molecule has 0 fully saturated rings. The number of rotatable bonds is 2. The summed E-state index contributed by atoms with van der Waals surface area (Å²) in [6.45, 7) is 0. The number of para-hydroxylation sites is 2. The van der Waals surface area contributed by atoms with Crippen LogP contribution in [0.4, 0.5) is 0 Å². The average molecular weight is 642 g/mol. The number of aromatic nitrogens is 3. The second-order valence-corrected chi connectivity index (χ2v) is 14.0. The van der Waals surface area contributed by atoms with Crippen LogP contribution in [0.5, 0.6) is 0 Å². The van der Waals surface area contributed by atoms with Gasteiger partial charge in [0.05, 0.1) is 27.7 Å². The molecule has 1 spiro atoms. The van der Waals surface area contributed by atoms with Gasteiger partial charge in [-0.05, 0) is 63.7 Å². The molecule has 0 radical (unpaired) electrons. The zero-order valence-electron chi connectivity index (χ0n) is 26.3. The van der Waals surface area contributed by atoms with Gasteiger partial charge in [0.15, 0.2) is 0 Å². The van der Waals surface area contributed by atoms with Crippen molar-refractivity contribution in [3.05, 3.63) is 186 Å². The summed E-state index contributed by atoms with van der Waals surface area (Å²) in [7, 11) is 0. The van der Waals surface area contributed by atoms with Gasteiger partial charge < -0.3 is 0 Å². The largest absolute Gasteiger partial charge is 0.278 e. The van der Waals surface area contributed by atoms with Crippen LogP contribution in [-0.4, -0.2) is 14.5 Å². The van der Waals surface area contributed by atoms with Gasteiger partial charge in [-0.2, -0.15) is 0 Å². The second-order valence-electron chi connectivity index (χ2n) is 12.9. The minimum atomic E-state index is -0.459. The standard InChI is InChI=1S/C45H27N3S/c1-2-14-28(15-3-1)43-32-19-6-11-23-38(32)46-44(47-43)48-39-24-12-7-18-31(39)33-26-42-37(27-40(33)48)45(36-22-10-13-25-41(36)49-42)34-20-8-4-16-29(34)30-17-5-9-21-35(30)45/h1-27H. The molecular weight excluding hydrogens is 615 g/mol. The van der Waals surface area contributed by atoms with E-state index in [4.69, 9.17) is 9.97 Å². The lowest BCUT2D eigenvalue weighted by molar-refractivity contribution is 0.723. The van der Waals surface area contributed by atoms with Crippen LogP contribution in [0.3, 0.4) is 0 Å². The predicted molar refractivity (Wildman–Crippen MR) is 201 cm³/mol. The molecular formula is C45H27N3S. The normalized spacial score (nSPS) is 13.8. The molecule has 2 aromatic heterocycles. The van der Waals surface area contributed by atoms with E-state index in [9.17, 15) is 0 Å². The van der Waals surface area contributed by atoms with Crippen molar-refractivity contribution in [1.82, 2.24) is 14.5 Å². The molecule has 228 valence electrons. The maximum atomic E-state index is 5.37. The zero-order valence-corrected chi connectivity index (χ0v) is 27.2. The molecule has 0 atom stereocenters. The first-order valence-corrected chi connectivity index (χ1v) is 17.5. The molecule has 0 saturated carbocycles. The number of benzene rings is 7. The van der Waals surface area contributed by atoms with Crippen molar-refractivity contribution in [3.8, 4) is 28.3 Å². The lowest BCUT2D eigenvalue weighted by Crippen LogP contribution is -2.32. The highest BCUT2D eigenvalue weighted by Crippen LogP contribution is 2.62. The Balaban J connectivity index is 1.29. The fraction of sp³-hybridized carbons (Fsp3) is 0.0222. The molecule has 7 aromatic carbocycles. The molecule has 0 N–H and O–H groups in total. The van der Waals surface area contributed by atoms with Gasteiger partial charge in [-0.15, -0.1) is 0 Å². The van der Waals surface area contributed by atoms with Gasteiger partial charge in [0.25, 0.3) is 0 Å². The molecule has 0 amide bonds. The summed E-state index contributed by atoms with van der Waals surface area (Å²) in [5.74, 6) is 0.675. The SMILES string of the molecule is c1ccc(-c2nc(-n3c4ccccc4c4cc5c(cc43)C3(c4ccccc4S5)c4ccccc4-c4ccccc43)nc3ccccc23)cc1. The first kappa shape index (κ1) is 27.0. The lowest BCUT2D eigenvalue weighted by Gasteiger charge is -2.39. The molecule has 0 unspecified atom stereocenters. The van der Waals surface area contributed by atoms with Crippen LogP contribution in [0.25, 0.3) is 61.0 Å². The fourth-order valence-corrected chi connectivity index (χ4v) is 9.73. The van der Waals surface area contributed by atoms with Gasteiger partial charge in [-0.1, -0.05) is 145 Å². The van der Waals surface area contributed by atoms with Gasteiger partial charge in [-0.25, -0.2) is 9.97 Å². The maximum Gasteiger partial charge on any atom is 0.235 e. The zero-order chi connectivity index (χ0) is 32.1. The van der Waals surface area contributed by atoms with E-state index < -0.39 is 5.41 Å². The highest BCUT2D eigenvalue weighted by atomic mass is 32.2. The first-order chi connectivity index (χ1) is 24.3. The summed E-state index contributed by atoms with van der Waals surface area (Å²) in [5, 5.41) is 3.44. The summed E-state index contributed by atoms with van der Waals surface area (Å²) in [6.07, 6.45) is 0. The summed E-state index contributed by atoms with van der Waals surface area (Å²) in [4.78, 5) is 13.2. The molecule has 1 aliphatic heterocycles. The number of fused-ring (bicyclic) bond motifs is 13. The summed E-state index contributed by atoms with van der Waals surface area (Å²) >= 11 is 1.88. The minimum Gasteiger partial charge on any atom is -0.278 e. The predicted octanol–water partition coefficient (Wildman–Crippen LogP) is 11.2. The van der Waals surface area contributed by atoms with Crippen molar-refractivity contribution in [2.24, 2.45) is 0 Å². The molecule has 11 rings (SSSR count). The Morgan fingerprint density at radius 3 is 1.88 bits per heavy atom. The third-order valence-electron chi connectivity index (χ3n) is 10.5. The van der Waals surface area contributed by atoms with Crippen LogP contribution in [-0.2, 0) is 5.41 Å². The van der Waals surface area contributed by atoms with E-state index in [1.54, 1.807) is 0 Å². The highest BCUT2D eigenvalue weighted by Gasteiger charge is 2.50. The molecule has 3 nitrogen and oxygen atoms in total. The minimum absolute atomic E-state index is 0.459. The fourth-order valence-electron chi connectivity index (χ4n) is 8.51. The van der Waals surface area contributed by atoms with Crippen molar-refractivity contribution in [1.29, 1.82) is 0 Å². The van der Waals surface area contributed by atoms with E-state index in [2.05, 4.69) is 168 Å². The van der Waals surface area contributed by atoms with E-state index in [0.29, 0.717) is 5.95 Å². The van der Waals surface area contributed by atoms with Crippen molar-refractivity contribution in [2.75, 3.05) is 0 Å². The number of hydrogen-bond acceptors (Lipinski definition) is 3. The van der Waals surface area contributed by atoms with Crippen molar-refractivity contribution < 1.29 is 0 Å². The van der Waals surface area contributed by atoms with Gasteiger partial charge in [0.2, 0.25) is 5.95 Å². The van der Waals surface area contributed by atoms with Crippen molar-refractivity contribution >= 4 is 44.5 Å². The third-order valence-corrected chi connectivity index (χ3v) is 11.6. The molecule has 4 heteroatoms. The maximum absolute atomic E-state index is 5.37. The van der Waals surface area contributed by atoms with Crippen molar-refractivity contribution in [3.63, 3.8) is 0 Å². The Hall–Kier alpha value is -5.97. The van der Waals surface area contributed by atoms with Crippen LogP contribution in [0.2, 0.25) is 0 Å². The Morgan fingerprint density at radius 1 is 0.449 bits per heavy atom. The third kappa shape index (κ3) is 3.59. The smallest absolute Gasteiger partial charge is 0.235 e. The molecule has 0 saturated heterocycles. The summed E-state index contributed by atoms with van der Waals surface area (Å²) in [5.41, 5.74) is 12.6. The molecule has 1 aliphatic carbocycles. The molecule has 49 heavy (non-hydrogen) atoms. The van der Waals surface area contributed by atoms with Crippen molar-refractivity contribution in [2.45, 2.75) is 15.2 Å². The molecule has 2 aliphatic rings. The van der Waals surface area contributed by atoms with E-state index in [-0.39, 0.29) is 0 Å².